The van der Waals surface area contributed by atoms with Crippen LogP contribution in [0.15, 0.2) is 24.5 Å². The summed E-state index contributed by atoms with van der Waals surface area (Å²) in [7, 11) is 6.96. The van der Waals surface area contributed by atoms with Crippen LogP contribution in [0.3, 0.4) is 0 Å². The van der Waals surface area contributed by atoms with Crippen LogP contribution >= 0.6 is 0 Å². The number of nitrogens with one attached hydrogen (secondary N) is 1. The Morgan fingerprint density at radius 3 is 2.60 bits per heavy atom. The van der Waals surface area contributed by atoms with Gasteiger partial charge < -0.3 is 24.1 Å². The summed E-state index contributed by atoms with van der Waals surface area (Å²) in [5.41, 5.74) is 1.07. The summed E-state index contributed by atoms with van der Waals surface area (Å²) in [6.45, 7) is 3.52. The molecule has 1 aromatic heterocycles. The Balaban J connectivity index is 1.91. The van der Waals surface area contributed by atoms with Crippen molar-refractivity contribution >= 4 is 0 Å². The van der Waals surface area contributed by atoms with Crippen LogP contribution in [0, 0.1) is 0 Å². The van der Waals surface area contributed by atoms with E-state index in [1.165, 1.54) is 0 Å². The van der Waals surface area contributed by atoms with Gasteiger partial charge in [0.05, 0.1) is 27.4 Å². The molecule has 1 aliphatic rings. The molecule has 0 amide bonds. The van der Waals surface area contributed by atoms with Gasteiger partial charge in [0.15, 0.2) is 11.5 Å². The maximum atomic E-state index is 5.63. The van der Waals surface area contributed by atoms with Crippen molar-refractivity contribution in [1.29, 1.82) is 0 Å². The van der Waals surface area contributed by atoms with Gasteiger partial charge >= 0.3 is 0 Å². The van der Waals surface area contributed by atoms with E-state index in [0.717, 1.165) is 43.3 Å². The number of imidazole rings is 1. The molecular weight excluding hydrogens is 320 g/mol. The lowest BCUT2D eigenvalue weighted by molar-refractivity contribution is 0.143. The second kappa shape index (κ2) is 7.76. The van der Waals surface area contributed by atoms with Gasteiger partial charge in [-0.05, 0) is 6.07 Å². The van der Waals surface area contributed by atoms with Crippen molar-refractivity contribution < 1.29 is 14.2 Å². The molecule has 1 aromatic carbocycles. The van der Waals surface area contributed by atoms with Crippen LogP contribution in [-0.4, -0.2) is 55.4 Å². The van der Waals surface area contributed by atoms with Crippen molar-refractivity contribution in [2.24, 2.45) is 7.05 Å². The number of methoxy groups -OCH3 is 3. The molecule has 3 rings (SSSR count). The van der Waals surface area contributed by atoms with E-state index in [9.17, 15) is 0 Å². The molecule has 25 heavy (non-hydrogen) atoms. The molecule has 0 bridgehead atoms. The second-order valence-corrected chi connectivity index (χ2v) is 6.08. The molecule has 1 atom stereocenters. The van der Waals surface area contributed by atoms with Crippen molar-refractivity contribution in [3.05, 3.63) is 35.9 Å². The summed E-state index contributed by atoms with van der Waals surface area (Å²) in [6, 6.07) is 4.18. The fourth-order valence-electron chi connectivity index (χ4n) is 3.39. The molecule has 1 unspecified atom stereocenters. The van der Waals surface area contributed by atoms with E-state index in [2.05, 4.69) is 19.8 Å². The summed E-state index contributed by atoms with van der Waals surface area (Å²) in [5.74, 6) is 3.08. The summed E-state index contributed by atoms with van der Waals surface area (Å²) in [6.07, 6.45) is 3.83. The van der Waals surface area contributed by atoms with E-state index in [1.54, 1.807) is 21.3 Å². The molecule has 1 aliphatic heterocycles. The van der Waals surface area contributed by atoms with Crippen molar-refractivity contribution in [2.75, 3.05) is 41.0 Å². The number of aryl methyl sites for hydroxylation is 1. The molecule has 7 nitrogen and oxygen atoms in total. The first-order valence-corrected chi connectivity index (χ1v) is 8.39. The van der Waals surface area contributed by atoms with Crippen LogP contribution in [0.1, 0.15) is 17.4 Å². The number of hydrogen-bond donors (Lipinski definition) is 1. The largest absolute Gasteiger partial charge is 0.493 e. The fourth-order valence-corrected chi connectivity index (χ4v) is 3.39. The van der Waals surface area contributed by atoms with Crippen molar-refractivity contribution in [3.63, 3.8) is 0 Å². The van der Waals surface area contributed by atoms with Gasteiger partial charge in [0.25, 0.3) is 0 Å². The SMILES string of the molecule is COc1ccc(CN2CCNCC2c2nccn2C)c(OC)c1OC. The molecule has 1 fully saturated rings. The Labute approximate surface area is 148 Å². The number of rotatable bonds is 6. The highest BCUT2D eigenvalue weighted by Gasteiger charge is 2.28. The highest BCUT2D eigenvalue weighted by molar-refractivity contribution is 5.55. The standard InChI is InChI=1S/C18H26N4O3/c1-21-9-8-20-18(21)14-11-19-7-10-22(14)12-13-5-6-15(23-2)17(25-4)16(13)24-3/h5-6,8-9,14,19H,7,10-12H2,1-4H3. The monoisotopic (exact) mass is 346 g/mol. The molecular formula is C18H26N4O3. The number of benzene rings is 1. The lowest BCUT2D eigenvalue weighted by atomic mass is 10.1. The zero-order chi connectivity index (χ0) is 17.8. The summed E-state index contributed by atoms with van der Waals surface area (Å²) >= 11 is 0. The van der Waals surface area contributed by atoms with E-state index in [0.29, 0.717) is 11.5 Å². The third-order valence-electron chi connectivity index (χ3n) is 4.67. The number of nitrogens with zero attached hydrogens (tertiary/aromatic N) is 3. The van der Waals surface area contributed by atoms with Crippen LogP contribution < -0.4 is 19.5 Å². The smallest absolute Gasteiger partial charge is 0.203 e. The molecule has 0 spiro atoms. The average molecular weight is 346 g/mol. The maximum absolute atomic E-state index is 5.63. The Bertz CT molecular complexity index is 716. The summed E-state index contributed by atoms with van der Waals surface area (Å²) in [5, 5.41) is 3.46. The van der Waals surface area contributed by atoms with E-state index in [-0.39, 0.29) is 6.04 Å². The third-order valence-corrected chi connectivity index (χ3v) is 4.67. The number of aromatic nitrogens is 2. The molecule has 2 heterocycles. The topological polar surface area (TPSA) is 60.8 Å². The van der Waals surface area contributed by atoms with E-state index < -0.39 is 0 Å². The zero-order valence-electron chi connectivity index (χ0n) is 15.3. The minimum absolute atomic E-state index is 0.214. The third kappa shape index (κ3) is 3.43. The van der Waals surface area contributed by atoms with Gasteiger partial charge in [-0.1, -0.05) is 6.07 Å². The minimum atomic E-state index is 0.214. The predicted molar refractivity (Wildman–Crippen MR) is 95.3 cm³/mol. The van der Waals surface area contributed by atoms with Crippen molar-refractivity contribution in [1.82, 2.24) is 19.8 Å². The number of ether oxygens (including phenoxy) is 3. The Morgan fingerprint density at radius 2 is 1.96 bits per heavy atom. The van der Waals surface area contributed by atoms with Crippen LogP contribution in [0.4, 0.5) is 0 Å². The van der Waals surface area contributed by atoms with Gasteiger partial charge in [-0.25, -0.2) is 4.98 Å². The average Bonchev–Trinajstić information content (AvgIpc) is 3.07. The number of hydrogen-bond acceptors (Lipinski definition) is 6. The lowest BCUT2D eigenvalue weighted by Crippen LogP contribution is -2.46. The van der Waals surface area contributed by atoms with Gasteiger partial charge in [-0.2, -0.15) is 0 Å². The molecule has 0 saturated carbocycles. The van der Waals surface area contributed by atoms with Crippen LogP contribution in [0.5, 0.6) is 17.2 Å². The normalized spacial score (nSPS) is 18.2. The molecule has 0 radical (unpaired) electrons. The quantitative estimate of drug-likeness (QED) is 0.857. The second-order valence-electron chi connectivity index (χ2n) is 6.08. The highest BCUT2D eigenvalue weighted by atomic mass is 16.5. The zero-order valence-corrected chi connectivity index (χ0v) is 15.3. The number of piperazine rings is 1. The molecule has 1 N–H and O–H groups in total. The first-order valence-electron chi connectivity index (χ1n) is 8.39. The molecule has 7 heteroatoms. The van der Waals surface area contributed by atoms with E-state index >= 15 is 0 Å². The van der Waals surface area contributed by atoms with E-state index in [1.807, 2.05) is 31.6 Å². The Morgan fingerprint density at radius 1 is 1.16 bits per heavy atom. The first-order chi connectivity index (χ1) is 12.2. The lowest BCUT2D eigenvalue weighted by Gasteiger charge is -2.36. The summed E-state index contributed by atoms with van der Waals surface area (Å²) < 4.78 is 18.6. The highest BCUT2D eigenvalue weighted by Crippen LogP contribution is 2.40. The Hall–Kier alpha value is -2.25. The van der Waals surface area contributed by atoms with Crippen molar-refractivity contribution in [2.45, 2.75) is 12.6 Å². The van der Waals surface area contributed by atoms with Crippen LogP contribution in [0.25, 0.3) is 0 Å². The van der Waals surface area contributed by atoms with Gasteiger partial charge in [0.2, 0.25) is 5.75 Å². The van der Waals surface area contributed by atoms with Crippen LogP contribution in [-0.2, 0) is 13.6 Å². The minimum Gasteiger partial charge on any atom is -0.493 e. The molecule has 136 valence electrons. The van der Waals surface area contributed by atoms with Crippen molar-refractivity contribution in [3.8, 4) is 17.2 Å². The Kier molecular flexibility index (Phi) is 5.45. The predicted octanol–water partition coefficient (Wildman–Crippen LogP) is 1.59. The van der Waals surface area contributed by atoms with Gasteiger partial charge in [-0.15, -0.1) is 0 Å². The molecule has 2 aromatic rings. The van der Waals surface area contributed by atoms with Gasteiger partial charge in [-0.3, -0.25) is 4.90 Å². The molecule has 0 aliphatic carbocycles. The maximum Gasteiger partial charge on any atom is 0.203 e. The summed E-state index contributed by atoms with van der Waals surface area (Å²) in [4.78, 5) is 6.96. The van der Waals surface area contributed by atoms with E-state index in [4.69, 9.17) is 14.2 Å². The van der Waals surface area contributed by atoms with Gasteiger partial charge in [0.1, 0.15) is 5.82 Å². The fraction of sp³-hybridized carbons (Fsp3) is 0.500. The van der Waals surface area contributed by atoms with Gasteiger partial charge in [0, 0.05) is 51.2 Å². The molecule has 1 saturated heterocycles. The van der Waals surface area contributed by atoms with Crippen LogP contribution in [0.2, 0.25) is 0 Å². The first kappa shape index (κ1) is 17.6.